The van der Waals surface area contributed by atoms with E-state index in [9.17, 15) is 4.79 Å². The summed E-state index contributed by atoms with van der Waals surface area (Å²) in [6.45, 7) is 3.70. The van der Waals surface area contributed by atoms with Gasteiger partial charge in [0.1, 0.15) is 6.10 Å². The first-order chi connectivity index (χ1) is 6.63. The van der Waals surface area contributed by atoms with Crippen LogP contribution in [0.4, 0.5) is 0 Å². The molecule has 0 heterocycles. The van der Waals surface area contributed by atoms with Gasteiger partial charge in [-0.1, -0.05) is 13.8 Å². The second-order valence-electron chi connectivity index (χ2n) is 3.86. The Kier molecular flexibility index (Phi) is 3.98. The maximum atomic E-state index is 11.3. The fourth-order valence-corrected chi connectivity index (χ4v) is 1.38. The van der Waals surface area contributed by atoms with Gasteiger partial charge in [0.05, 0.1) is 18.8 Å². The highest BCUT2D eigenvalue weighted by molar-refractivity contribution is 5.71. The monoisotopic (exact) mass is 198 g/mol. The van der Waals surface area contributed by atoms with Crippen LogP contribution in [0.25, 0.3) is 0 Å². The summed E-state index contributed by atoms with van der Waals surface area (Å²) in [5.41, 5.74) is 0. The highest BCUT2D eigenvalue weighted by Gasteiger charge is 2.19. The lowest BCUT2D eigenvalue weighted by molar-refractivity contribution is -0.153. The van der Waals surface area contributed by atoms with Crippen LogP contribution in [0.5, 0.6) is 0 Å². The quantitative estimate of drug-likeness (QED) is 0.652. The van der Waals surface area contributed by atoms with Crippen molar-refractivity contribution in [3.63, 3.8) is 0 Å². The molecule has 1 aliphatic carbocycles. The van der Waals surface area contributed by atoms with Gasteiger partial charge < -0.3 is 9.47 Å². The van der Waals surface area contributed by atoms with E-state index < -0.39 is 0 Å². The molecule has 0 amide bonds. The van der Waals surface area contributed by atoms with Gasteiger partial charge in [0, 0.05) is 12.8 Å². The zero-order valence-corrected chi connectivity index (χ0v) is 9.08. The first-order valence-corrected chi connectivity index (χ1v) is 5.07. The normalized spacial score (nSPS) is 21.7. The molecule has 0 N–H and O–H groups in total. The van der Waals surface area contributed by atoms with Crippen molar-refractivity contribution in [1.29, 1.82) is 0 Å². The van der Waals surface area contributed by atoms with Gasteiger partial charge in [-0.05, 0) is 12.5 Å². The van der Waals surface area contributed by atoms with Gasteiger partial charge in [-0.2, -0.15) is 0 Å². The lowest BCUT2D eigenvalue weighted by Gasteiger charge is -2.22. The van der Waals surface area contributed by atoms with Crippen LogP contribution in [0, 0.1) is 5.92 Å². The Bertz CT molecular complexity index is 231. The van der Waals surface area contributed by atoms with Gasteiger partial charge in [-0.25, -0.2) is 0 Å². The number of hydrogen-bond acceptors (Lipinski definition) is 3. The minimum Gasteiger partial charge on any atom is -0.501 e. The minimum absolute atomic E-state index is 0.0391. The molecular formula is C11H18O3. The maximum Gasteiger partial charge on any atom is 0.308 e. The molecule has 0 aromatic heterocycles. The van der Waals surface area contributed by atoms with Crippen LogP contribution in [-0.4, -0.2) is 19.2 Å². The number of allylic oxidation sites excluding steroid dienone is 1. The molecule has 1 atom stereocenters. The summed E-state index contributed by atoms with van der Waals surface area (Å²) in [5.74, 6) is 0.855. The molecule has 1 unspecified atom stereocenters. The third-order valence-corrected chi connectivity index (χ3v) is 2.34. The van der Waals surface area contributed by atoms with Gasteiger partial charge in [0.15, 0.2) is 0 Å². The van der Waals surface area contributed by atoms with E-state index in [0.29, 0.717) is 0 Å². The molecule has 1 rings (SSSR count). The second-order valence-corrected chi connectivity index (χ2v) is 3.86. The minimum atomic E-state index is -0.107. The first-order valence-electron chi connectivity index (χ1n) is 5.07. The van der Waals surface area contributed by atoms with Crippen molar-refractivity contribution in [2.75, 3.05) is 7.11 Å². The Hall–Kier alpha value is -0.990. The SMILES string of the molecule is COC1=CCC(OC(=O)C(C)C)CC1. The molecule has 14 heavy (non-hydrogen) atoms. The molecule has 3 heteroatoms. The highest BCUT2D eigenvalue weighted by Crippen LogP contribution is 2.21. The molecule has 0 aromatic carbocycles. The predicted octanol–water partition coefficient (Wildman–Crippen LogP) is 2.27. The molecule has 80 valence electrons. The Morgan fingerprint density at radius 1 is 1.57 bits per heavy atom. The Morgan fingerprint density at radius 2 is 2.29 bits per heavy atom. The van der Waals surface area contributed by atoms with Crippen molar-refractivity contribution in [2.24, 2.45) is 5.92 Å². The third-order valence-electron chi connectivity index (χ3n) is 2.34. The van der Waals surface area contributed by atoms with E-state index in [1.807, 2.05) is 19.9 Å². The molecule has 0 radical (unpaired) electrons. The molecule has 0 saturated carbocycles. The average Bonchev–Trinajstić information content (AvgIpc) is 2.19. The number of methoxy groups -OCH3 is 1. The average molecular weight is 198 g/mol. The second kappa shape index (κ2) is 5.03. The molecule has 3 nitrogen and oxygen atoms in total. The third kappa shape index (κ3) is 3.05. The van der Waals surface area contributed by atoms with Crippen molar-refractivity contribution in [1.82, 2.24) is 0 Å². The molecule has 0 aromatic rings. The fourth-order valence-electron chi connectivity index (χ4n) is 1.38. The van der Waals surface area contributed by atoms with E-state index in [4.69, 9.17) is 9.47 Å². The smallest absolute Gasteiger partial charge is 0.308 e. The number of esters is 1. The van der Waals surface area contributed by atoms with Gasteiger partial charge in [0.25, 0.3) is 0 Å². The molecular weight excluding hydrogens is 180 g/mol. The van der Waals surface area contributed by atoms with Crippen LogP contribution in [0.3, 0.4) is 0 Å². The van der Waals surface area contributed by atoms with Crippen molar-refractivity contribution in [2.45, 2.75) is 39.2 Å². The van der Waals surface area contributed by atoms with Gasteiger partial charge in [0.2, 0.25) is 0 Å². The molecule has 1 aliphatic rings. The van der Waals surface area contributed by atoms with Crippen molar-refractivity contribution < 1.29 is 14.3 Å². The van der Waals surface area contributed by atoms with Crippen LogP contribution in [0.1, 0.15) is 33.1 Å². The molecule has 0 saturated heterocycles. The van der Waals surface area contributed by atoms with Gasteiger partial charge in [-0.15, -0.1) is 0 Å². The van der Waals surface area contributed by atoms with Crippen molar-refractivity contribution in [3.05, 3.63) is 11.8 Å². The van der Waals surface area contributed by atoms with E-state index in [-0.39, 0.29) is 18.0 Å². The summed E-state index contributed by atoms with van der Waals surface area (Å²) >= 11 is 0. The van der Waals surface area contributed by atoms with E-state index in [2.05, 4.69) is 0 Å². The van der Waals surface area contributed by atoms with Crippen LogP contribution in [-0.2, 0) is 14.3 Å². The summed E-state index contributed by atoms with van der Waals surface area (Å²) in [7, 11) is 1.67. The van der Waals surface area contributed by atoms with Gasteiger partial charge >= 0.3 is 5.97 Å². The van der Waals surface area contributed by atoms with E-state index in [0.717, 1.165) is 25.0 Å². The summed E-state index contributed by atoms with van der Waals surface area (Å²) in [4.78, 5) is 11.3. The summed E-state index contributed by atoms with van der Waals surface area (Å²) in [5, 5.41) is 0. The van der Waals surface area contributed by atoms with Crippen LogP contribution >= 0.6 is 0 Å². The van der Waals surface area contributed by atoms with Crippen molar-refractivity contribution in [3.8, 4) is 0 Å². The number of ether oxygens (including phenoxy) is 2. The lowest BCUT2D eigenvalue weighted by Crippen LogP contribution is -2.23. The molecule has 0 bridgehead atoms. The topological polar surface area (TPSA) is 35.5 Å². The number of carbonyl (C=O) groups excluding carboxylic acids is 1. The van der Waals surface area contributed by atoms with Crippen LogP contribution in [0.2, 0.25) is 0 Å². The Labute approximate surface area is 85.1 Å². The zero-order valence-electron chi connectivity index (χ0n) is 9.08. The number of carbonyl (C=O) groups is 1. The van der Waals surface area contributed by atoms with Crippen LogP contribution in [0.15, 0.2) is 11.8 Å². The fraction of sp³-hybridized carbons (Fsp3) is 0.727. The van der Waals surface area contributed by atoms with E-state index in [1.54, 1.807) is 7.11 Å². The largest absolute Gasteiger partial charge is 0.501 e. The first kappa shape index (κ1) is 11.1. The van der Waals surface area contributed by atoms with E-state index in [1.165, 1.54) is 0 Å². The maximum absolute atomic E-state index is 11.3. The zero-order chi connectivity index (χ0) is 10.6. The molecule has 0 spiro atoms. The highest BCUT2D eigenvalue weighted by atomic mass is 16.5. The summed E-state index contributed by atoms with van der Waals surface area (Å²) in [6.07, 6.45) is 4.57. The number of hydrogen-bond donors (Lipinski definition) is 0. The standard InChI is InChI=1S/C11H18O3/c1-8(2)11(12)14-10-6-4-9(13-3)5-7-10/h4,8,10H,5-7H2,1-3H3. The Balaban J connectivity index is 2.36. The predicted molar refractivity (Wildman–Crippen MR) is 53.7 cm³/mol. The molecule has 0 fully saturated rings. The van der Waals surface area contributed by atoms with Crippen molar-refractivity contribution >= 4 is 5.97 Å². The van der Waals surface area contributed by atoms with Crippen LogP contribution < -0.4 is 0 Å². The van der Waals surface area contributed by atoms with Gasteiger partial charge in [-0.3, -0.25) is 4.79 Å². The van der Waals surface area contributed by atoms with E-state index >= 15 is 0 Å². The summed E-state index contributed by atoms with van der Waals surface area (Å²) < 4.78 is 10.4. The summed E-state index contributed by atoms with van der Waals surface area (Å²) in [6, 6.07) is 0. The number of rotatable bonds is 3. The molecule has 0 aliphatic heterocycles. The Morgan fingerprint density at radius 3 is 2.71 bits per heavy atom. The lowest BCUT2D eigenvalue weighted by atomic mass is 10.0.